The molecule has 96 valence electrons. The zero-order chi connectivity index (χ0) is 11.8. The van der Waals surface area contributed by atoms with Gasteiger partial charge in [-0.2, -0.15) is 0 Å². The monoisotopic (exact) mass is 258 g/mol. The quantitative estimate of drug-likeness (QED) is 0.758. The van der Waals surface area contributed by atoms with Gasteiger partial charge in [0.1, 0.15) is 5.75 Å². The fraction of sp³-hybridized carbons (Fsp3) is 0.462. The van der Waals surface area contributed by atoms with Crippen LogP contribution < -0.4 is 4.74 Å². The SMILES string of the molecule is CCCCCCOc1ccc(C(=O)O)cc1.Cl. The van der Waals surface area contributed by atoms with Gasteiger partial charge in [-0.3, -0.25) is 0 Å². The maximum atomic E-state index is 10.6. The summed E-state index contributed by atoms with van der Waals surface area (Å²) in [7, 11) is 0. The van der Waals surface area contributed by atoms with Crippen molar-refractivity contribution >= 4 is 18.4 Å². The number of carboxylic acids is 1. The molecule has 17 heavy (non-hydrogen) atoms. The molecule has 0 saturated heterocycles. The van der Waals surface area contributed by atoms with Crippen LogP contribution in [0.3, 0.4) is 0 Å². The molecule has 0 atom stereocenters. The lowest BCUT2D eigenvalue weighted by Gasteiger charge is -2.05. The highest BCUT2D eigenvalue weighted by molar-refractivity contribution is 5.87. The molecular weight excluding hydrogens is 240 g/mol. The van der Waals surface area contributed by atoms with Gasteiger partial charge in [0.2, 0.25) is 0 Å². The van der Waals surface area contributed by atoms with Crippen LogP contribution in [0.15, 0.2) is 24.3 Å². The molecule has 0 bridgehead atoms. The zero-order valence-electron chi connectivity index (χ0n) is 10.0. The Kier molecular flexibility index (Phi) is 8.24. The van der Waals surface area contributed by atoms with Gasteiger partial charge < -0.3 is 9.84 Å². The molecule has 1 aromatic carbocycles. The third-order valence-corrected chi connectivity index (χ3v) is 2.37. The van der Waals surface area contributed by atoms with E-state index in [0.29, 0.717) is 12.2 Å². The van der Waals surface area contributed by atoms with Crippen LogP contribution in [0.4, 0.5) is 0 Å². The number of rotatable bonds is 7. The van der Waals surface area contributed by atoms with Gasteiger partial charge in [0.15, 0.2) is 0 Å². The van der Waals surface area contributed by atoms with Gasteiger partial charge in [-0.25, -0.2) is 4.79 Å². The molecule has 0 amide bonds. The standard InChI is InChI=1S/C13H18O3.ClH/c1-2-3-4-5-10-16-12-8-6-11(7-9-12)13(14)15;/h6-9H,2-5,10H2,1H3,(H,14,15);1H. The van der Waals surface area contributed by atoms with Crippen LogP contribution in [0, 0.1) is 0 Å². The third kappa shape index (κ3) is 6.17. The van der Waals surface area contributed by atoms with Gasteiger partial charge in [0, 0.05) is 0 Å². The number of carbonyl (C=O) groups is 1. The van der Waals surface area contributed by atoms with Gasteiger partial charge in [-0.05, 0) is 30.7 Å². The normalized spacial score (nSPS) is 9.47. The molecule has 0 aliphatic carbocycles. The van der Waals surface area contributed by atoms with Gasteiger partial charge in [0.05, 0.1) is 12.2 Å². The third-order valence-electron chi connectivity index (χ3n) is 2.37. The van der Waals surface area contributed by atoms with Gasteiger partial charge in [-0.15, -0.1) is 12.4 Å². The first kappa shape index (κ1) is 15.8. The maximum Gasteiger partial charge on any atom is 0.335 e. The molecule has 0 fully saturated rings. The summed E-state index contributed by atoms with van der Waals surface area (Å²) in [5.74, 6) is -0.170. The van der Waals surface area contributed by atoms with Crippen LogP contribution in [0.5, 0.6) is 5.75 Å². The number of carboxylic acid groups (broad SMARTS) is 1. The van der Waals surface area contributed by atoms with Crippen molar-refractivity contribution in [3.05, 3.63) is 29.8 Å². The number of hydrogen-bond acceptors (Lipinski definition) is 2. The van der Waals surface area contributed by atoms with Crippen molar-refractivity contribution in [2.75, 3.05) is 6.61 Å². The maximum absolute atomic E-state index is 10.6. The minimum absolute atomic E-state index is 0. The van der Waals surface area contributed by atoms with Crippen LogP contribution >= 0.6 is 12.4 Å². The molecule has 0 saturated carbocycles. The Labute approximate surface area is 108 Å². The van der Waals surface area contributed by atoms with E-state index in [4.69, 9.17) is 9.84 Å². The lowest BCUT2D eigenvalue weighted by atomic mass is 10.2. The first-order chi connectivity index (χ1) is 7.74. The lowest BCUT2D eigenvalue weighted by molar-refractivity contribution is 0.0697. The summed E-state index contributed by atoms with van der Waals surface area (Å²) in [4.78, 5) is 10.6. The molecule has 1 aromatic rings. The number of hydrogen-bond donors (Lipinski definition) is 1. The minimum atomic E-state index is -0.908. The number of benzene rings is 1. The Morgan fingerprint density at radius 2 is 1.82 bits per heavy atom. The van der Waals surface area contributed by atoms with Gasteiger partial charge >= 0.3 is 5.97 Å². The van der Waals surface area contributed by atoms with E-state index >= 15 is 0 Å². The molecule has 1 rings (SSSR count). The van der Waals surface area contributed by atoms with Crippen LogP contribution in [-0.2, 0) is 0 Å². The van der Waals surface area contributed by atoms with Crippen molar-refractivity contribution < 1.29 is 14.6 Å². The fourth-order valence-corrected chi connectivity index (χ4v) is 1.41. The fourth-order valence-electron chi connectivity index (χ4n) is 1.41. The Morgan fingerprint density at radius 1 is 1.18 bits per heavy atom. The molecule has 4 heteroatoms. The number of ether oxygens (including phenoxy) is 1. The highest BCUT2D eigenvalue weighted by Gasteiger charge is 2.01. The molecule has 0 heterocycles. The van der Waals surface area contributed by atoms with Crippen molar-refractivity contribution in [1.29, 1.82) is 0 Å². The van der Waals surface area contributed by atoms with Crippen molar-refractivity contribution in [1.82, 2.24) is 0 Å². The highest BCUT2D eigenvalue weighted by Crippen LogP contribution is 2.12. The van der Waals surface area contributed by atoms with Crippen LogP contribution in [0.2, 0.25) is 0 Å². The van der Waals surface area contributed by atoms with E-state index in [2.05, 4.69) is 6.92 Å². The topological polar surface area (TPSA) is 46.5 Å². The first-order valence-electron chi connectivity index (χ1n) is 5.70. The minimum Gasteiger partial charge on any atom is -0.494 e. The molecule has 0 aliphatic rings. The van der Waals surface area contributed by atoms with E-state index in [1.54, 1.807) is 24.3 Å². The van der Waals surface area contributed by atoms with Crippen LogP contribution in [0.1, 0.15) is 43.0 Å². The summed E-state index contributed by atoms with van der Waals surface area (Å²) < 4.78 is 5.49. The Hall–Kier alpha value is -1.22. The molecule has 0 unspecified atom stereocenters. The lowest BCUT2D eigenvalue weighted by Crippen LogP contribution is -1.99. The Bertz CT molecular complexity index is 322. The predicted octanol–water partition coefficient (Wildman–Crippen LogP) is 3.77. The van der Waals surface area contributed by atoms with Gasteiger partial charge in [-0.1, -0.05) is 26.2 Å². The van der Waals surface area contributed by atoms with E-state index in [0.717, 1.165) is 12.2 Å². The second kappa shape index (κ2) is 8.88. The van der Waals surface area contributed by atoms with E-state index < -0.39 is 5.97 Å². The second-order valence-electron chi connectivity index (χ2n) is 3.74. The number of halogens is 1. The van der Waals surface area contributed by atoms with Crippen LogP contribution in [0.25, 0.3) is 0 Å². The predicted molar refractivity (Wildman–Crippen MR) is 70.3 cm³/mol. The zero-order valence-corrected chi connectivity index (χ0v) is 10.8. The molecule has 0 radical (unpaired) electrons. The van der Waals surface area contributed by atoms with Crippen LogP contribution in [-0.4, -0.2) is 17.7 Å². The second-order valence-corrected chi connectivity index (χ2v) is 3.74. The van der Waals surface area contributed by atoms with E-state index in [1.807, 2.05) is 0 Å². The van der Waals surface area contributed by atoms with Gasteiger partial charge in [0.25, 0.3) is 0 Å². The van der Waals surface area contributed by atoms with Crippen molar-refractivity contribution in [3.63, 3.8) is 0 Å². The summed E-state index contributed by atoms with van der Waals surface area (Å²) in [6.07, 6.45) is 4.69. The first-order valence-corrected chi connectivity index (χ1v) is 5.70. The summed E-state index contributed by atoms with van der Waals surface area (Å²) in [6, 6.07) is 6.51. The largest absolute Gasteiger partial charge is 0.494 e. The summed E-state index contributed by atoms with van der Waals surface area (Å²) in [5, 5.41) is 8.71. The summed E-state index contributed by atoms with van der Waals surface area (Å²) in [5.41, 5.74) is 0.290. The van der Waals surface area contributed by atoms with Crippen molar-refractivity contribution in [2.24, 2.45) is 0 Å². The van der Waals surface area contributed by atoms with E-state index in [-0.39, 0.29) is 12.4 Å². The van der Waals surface area contributed by atoms with E-state index in [9.17, 15) is 4.79 Å². The molecule has 3 nitrogen and oxygen atoms in total. The Balaban J connectivity index is 0.00000256. The van der Waals surface area contributed by atoms with Crippen molar-refractivity contribution in [3.8, 4) is 5.75 Å². The van der Waals surface area contributed by atoms with Crippen molar-refractivity contribution in [2.45, 2.75) is 32.6 Å². The summed E-state index contributed by atoms with van der Waals surface area (Å²) in [6.45, 7) is 2.87. The Morgan fingerprint density at radius 3 is 2.35 bits per heavy atom. The molecule has 0 spiro atoms. The van der Waals surface area contributed by atoms with E-state index in [1.165, 1.54) is 19.3 Å². The molecule has 0 aromatic heterocycles. The summed E-state index contributed by atoms with van der Waals surface area (Å²) >= 11 is 0. The molecular formula is C13H19ClO3. The number of aromatic carboxylic acids is 1. The smallest absolute Gasteiger partial charge is 0.335 e. The number of unbranched alkanes of at least 4 members (excludes halogenated alkanes) is 3. The molecule has 1 N–H and O–H groups in total. The average molecular weight is 259 g/mol. The highest BCUT2D eigenvalue weighted by atomic mass is 35.5. The average Bonchev–Trinajstić information content (AvgIpc) is 2.29. The molecule has 0 aliphatic heterocycles.